The van der Waals surface area contributed by atoms with Gasteiger partial charge in [0.15, 0.2) is 0 Å². The van der Waals surface area contributed by atoms with Crippen LogP contribution in [0.25, 0.3) is 0 Å². The summed E-state index contributed by atoms with van der Waals surface area (Å²) in [6, 6.07) is 3.00. The topological polar surface area (TPSA) is 53.8 Å². The Morgan fingerprint density at radius 2 is 2.55 bits per heavy atom. The fourth-order valence-corrected chi connectivity index (χ4v) is 0.821. The number of nitrogens with zero attached hydrogens (tertiary/aromatic N) is 1. The zero-order chi connectivity index (χ0) is 8.10. The van der Waals surface area contributed by atoms with E-state index in [2.05, 4.69) is 4.98 Å². The average molecular weight is 149 g/mol. The number of aromatic nitrogens is 1. The van der Waals surface area contributed by atoms with Gasteiger partial charge < -0.3 is 4.79 Å². The van der Waals surface area contributed by atoms with Crippen LogP contribution in [-0.4, -0.2) is 17.3 Å². The number of rotatable bonds is 3. The molecule has 0 aliphatic carbocycles. The quantitative estimate of drug-likeness (QED) is 0.587. The van der Waals surface area contributed by atoms with Gasteiger partial charge in [0, 0.05) is 12.4 Å². The number of hydrogen-bond donors (Lipinski definition) is 0. The molecule has 1 aromatic heterocycles. The largest absolute Gasteiger partial charge is 0.302 e. The van der Waals surface area contributed by atoms with Crippen LogP contribution in [0.5, 0.6) is 0 Å². The predicted octanol–water partition coefficient (Wildman–Crippen LogP) is 0.475. The molecule has 0 spiro atoms. The molecular formula is C8H9N2O. The first-order valence-corrected chi connectivity index (χ1v) is 3.38. The van der Waals surface area contributed by atoms with Crippen LogP contribution in [0.15, 0.2) is 24.5 Å². The van der Waals surface area contributed by atoms with E-state index in [1.807, 2.05) is 6.07 Å². The Bertz CT molecular complexity index is 223. The lowest BCUT2D eigenvalue weighted by Gasteiger charge is -2.00. The van der Waals surface area contributed by atoms with Gasteiger partial charge in [0.2, 0.25) is 0 Å². The molecule has 0 aromatic carbocycles. The second-order valence-electron chi connectivity index (χ2n) is 2.31. The number of pyridine rings is 1. The van der Waals surface area contributed by atoms with E-state index in [1.54, 1.807) is 18.5 Å². The molecule has 3 nitrogen and oxygen atoms in total. The molecule has 0 amide bonds. The van der Waals surface area contributed by atoms with Gasteiger partial charge in [-0.3, -0.25) is 4.98 Å². The molecule has 1 aromatic rings. The summed E-state index contributed by atoms with van der Waals surface area (Å²) in [6.07, 6.45) is 4.43. The molecule has 0 saturated carbocycles. The highest BCUT2D eigenvalue weighted by atomic mass is 16.1. The predicted molar refractivity (Wildman–Crippen MR) is 40.9 cm³/mol. The van der Waals surface area contributed by atoms with Gasteiger partial charge in [0.1, 0.15) is 6.29 Å². The van der Waals surface area contributed by atoms with Crippen molar-refractivity contribution in [2.45, 2.75) is 12.5 Å². The van der Waals surface area contributed by atoms with Crippen molar-refractivity contribution in [3.05, 3.63) is 30.1 Å². The highest BCUT2D eigenvalue weighted by molar-refractivity contribution is 5.57. The van der Waals surface area contributed by atoms with Gasteiger partial charge in [-0.15, -0.1) is 0 Å². The Hall–Kier alpha value is -1.22. The van der Waals surface area contributed by atoms with Crippen molar-refractivity contribution in [1.29, 1.82) is 0 Å². The van der Waals surface area contributed by atoms with Gasteiger partial charge in [-0.2, -0.15) is 0 Å². The van der Waals surface area contributed by atoms with E-state index in [1.165, 1.54) is 0 Å². The summed E-state index contributed by atoms with van der Waals surface area (Å²) >= 11 is 0. The minimum Gasteiger partial charge on any atom is -0.302 e. The number of carbonyl (C=O) groups excluding carboxylic acids is 1. The van der Waals surface area contributed by atoms with Crippen molar-refractivity contribution in [3.63, 3.8) is 0 Å². The van der Waals surface area contributed by atoms with Crippen LogP contribution in [0.3, 0.4) is 0 Å². The first kappa shape index (κ1) is 7.88. The van der Waals surface area contributed by atoms with Crippen LogP contribution in [0.1, 0.15) is 5.56 Å². The Labute approximate surface area is 65.2 Å². The third kappa shape index (κ3) is 2.47. The lowest BCUT2D eigenvalue weighted by Crippen LogP contribution is -2.13. The van der Waals surface area contributed by atoms with Crippen molar-refractivity contribution >= 4 is 6.29 Å². The molecule has 1 heterocycles. The van der Waals surface area contributed by atoms with Gasteiger partial charge in [-0.25, -0.2) is 5.73 Å². The third-order valence-corrected chi connectivity index (χ3v) is 1.34. The van der Waals surface area contributed by atoms with E-state index in [4.69, 9.17) is 5.73 Å². The maximum absolute atomic E-state index is 10.1. The summed E-state index contributed by atoms with van der Waals surface area (Å²) in [4.78, 5) is 14.0. The van der Waals surface area contributed by atoms with Crippen LogP contribution in [0.4, 0.5) is 0 Å². The van der Waals surface area contributed by atoms with Crippen molar-refractivity contribution in [3.8, 4) is 0 Å². The molecule has 11 heavy (non-hydrogen) atoms. The van der Waals surface area contributed by atoms with Gasteiger partial charge in [0.05, 0.1) is 6.04 Å². The number of nitrogens with one attached hydrogen (secondary N) is 1. The Morgan fingerprint density at radius 1 is 1.73 bits per heavy atom. The lowest BCUT2D eigenvalue weighted by atomic mass is 10.1. The lowest BCUT2D eigenvalue weighted by molar-refractivity contribution is -0.109. The molecule has 1 radical (unpaired) electrons. The highest BCUT2D eigenvalue weighted by Gasteiger charge is 2.01. The molecule has 3 heteroatoms. The SMILES string of the molecule is [NH]C(C=O)Cc1cccnc1. The molecule has 1 rings (SSSR count). The van der Waals surface area contributed by atoms with Crippen molar-refractivity contribution in [2.24, 2.45) is 0 Å². The average Bonchev–Trinajstić information content (AvgIpc) is 2.06. The molecule has 1 unspecified atom stereocenters. The second kappa shape index (κ2) is 3.83. The molecule has 0 saturated heterocycles. The van der Waals surface area contributed by atoms with E-state index < -0.39 is 6.04 Å². The maximum atomic E-state index is 10.1. The first-order chi connectivity index (χ1) is 5.33. The fraction of sp³-hybridized carbons (Fsp3) is 0.250. The minimum atomic E-state index is -0.654. The molecule has 0 fully saturated rings. The fourth-order valence-electron chi connectivity index (χ4n) is 0.821. The van der Waals surface area contributed by atoms with E-state index in [0.717, 1.165) is 5.56 Å². The molecule has 57 valence electrons. The maximum Gasteiger partial charge on any atom is 0.138 e. The standard InChI is InChI=1S/C8H9N2O/c9-8(6-11)4-7-2-1-3-10-5-7/h1-3,5-6,8-9H,4H2. The van der Waals surface area contributed by atoms with Crippen LogP contribution >= 0.6 is 0 Å². The number of carbonyl (C=O) groups is 1. The molecule has 0 bridgehead atoms. The van der Waals surface area contributed by atoms with Gasteiger partial charge in [-0.1, -0.05) is 6.07 Å². The van der Waals surface area contributed by atoms with Gasteiger partial charge >= 0.3 is 0 Å². The molecular weight excluding hydrogens is 140 g/mol. The van der Waals surface area contributed by atoms with Crippen LogP contribution in [0, 0.1) is 0 Å². The normalized spacial score (nSPS) is 12.5. The first-order valence-electron chi connectivity index (χ1n) is 3.38. The zero-order valence-electron chi connectivity index (χ0n) is 6.03. The number of aldehydes is 1. The Kier molecular flexibility index (Phi) is 2.74. The van der Waals surface area contributed by atoms with Crippen LogP contribution in [0.2, 0.25) is 0 Å². The molecule has 1 N–H and O–H groups in total. The molecule has 0 aliphatic heterocycles. The monoisotopic (exact) mass is 149 g/mol. The van der Waals surface area contributed by atoms with E-state index >= 15 is 0 Å². The van der Waals surface area contributed by atoms with Crippen LogP contribution in [-0.2, 0) is 11.2 Å². The minimum absolute atomic E-state index is 0.456. The van der Waals surface area contributed by atoms with Crippen LogP contribution < -0.4 is 5.73 Å². The van der Waals surface area contributed by atoms with E-state index in [0.29, 0.717) is 12.7 Å². The Balaban J connectivity index is 2.57. The molecule has 0 aliphatic rings. The Morgan fingerprint density at radius 3 is 3.09 bits per heavy atom. The van der Waals surface area contributed by atoms with Crippen molar-refractivity contribution in [1.82, 2.24) is 10.7 Å². The van der Waals surface area contributed by atoms with E-state index in [9.17, 15) is 4.79 Å². The highest BCUT2D eigenvalue weighted by Crippen LogP contribution is 1.98. The smallest absolute Gasteiger partial charge is 0.138 e. The summed E-state index contributed by atoms with van der Waals surface area (Å²) in [6.45, 7) is 0. The third-order valence-electron chi connectivity index (χ3n) is 1.34. The van der Waals surface area contributed by atoms with Crippen molar-refractivity contribution in [2.75, 3.05) is 0 Å². The number of hydrogen-bond acceptors (Lipinski definition) is 2. The summed E-state index contributed by atoms with van der Waals surface area (Å²) in [7, 11) is 0. The van der Waals surface area contributed by atoms with E-state index in [-0.39, 0.29) is 0 Å². The summed E-state index contributed by atoms with van der Waals surface area (Å²) in [5.41, 5.74) is 8.09. The molecule has 1 atom stereocenters. The van der Waals surface area contributed by atoms with Gasteiger partial charge in [-0.05, 0) is 18.1 Å². The summed E-state index contributed by atoms with van der Waals surface area (Å²) in [5.74, 6) is 0. The summed E-state index contributed by atoms with van der Waals surface area (Å²) < 4.78 is 0. The summed E-state index contributed by atoms with van der Waals surface area (Å²) in [5, 5.41) is 0. The van der Waals surface area contributed by atoms with Crippen molar-refractivity contribution < 1.29 is 4.79 Å². The zero-order valence-corrected chi connectivity index (χ0v) is 6.03. The van der Waals surface area contributed by atoms with Gasteiger partial charge in [0.25, 0.3) is 0 Å². The second-order valence-corrected chi connectivity index (χ2v) is 2.31.